The zero-order valence-electron chi connectivity index (χ0n) is 40.2. The highest BCUT2D eigenvalue weighted by Crippen LogP contribution is 2.42. The summed E-state index contributed by atoms with van der Waals surface area (Å²) in [4.78, 5) is 80.9. The molecule has 17 heteroatoms. The summed E-state index contributed by atoms with van der Waals surface area (Å²) in [5.41, 5.74) is -1.03. The number of rotatable bonds is 11. The SMILES string of the molecule is CC[C@H]1OC(=O)[C@H](C)[C@@H](OC(=O)Cc2cccnc2)[C@H](C)[C@@H](O[C@@H]2O[C@H](C)C[C@H](N(C)C)[C@H]2O)[C@](C)(OC(=O)NCC=Cc2cnc3ccccc3c2)C[C@@H](C)C(=O)[C@H](C)[C@H]2NC(=O)O[C@@]21C. The molecule has 0 unspecified atom stereocenters. The van der Waals surface area contributed by atoms with E-state index < -0.39 is 102 Å². The fraction of sp³-hybridized carbons (Fsp3) is 0.580. The number of likely N-dealkylation sites (N-methyl/N-ethyl adjacent to an activating group) is 1. The Bertz CT molecular complexity index is 2260. The first-order chi connectivity index (χ1) is 31.7. The number of pyridine rings is 2. The summed E-state index contributed by atoms with van der Waals surface area (Å²) in [7, 11) is 3.67. The summed E-state index contributed by atoms with van der Waals surface area (Å²) in [6, 6.07) is 11.8. The van der Waals surface area contributed by atoms with Crippen LogP contribution in [0.25, 0.3) is 17.0 Å². The smallest absolute Gasteiger partial charge is 0.408 e. The van der Waals surface area contributed by atoms with Crippen LogP contribution in [0, 0.1) is 23.7 Å². The minimum atomic E-state index is -1.77. The third-order valence-corrected chi connectivity index (χ3v) is 13.6. The first-order valence-electron chi connectivity index (χ1n) is 23.2. The maximum Gasteiger partial charge on any atom is 0.408 e. The van der Waals surface area contributed by atoms with Gasteiger partial charge in [0.05, 0.1) is 30.0 Å². The van der Waals surface area contributed by atoms with Crippen LogP contribution in [-0.4, -0.2) is 131 Å². The van der Waals surface area contributed by atoms with Crippen molar-refractivity contribution in [3.63, 3.8) is 0 Å². The predicted octanol–water partition coefficient (Wildman–Crippen LogP) is 5.80. The average Bonchev–Trinajstić information content (AvgIpc) is 3.61. The number of hydrogen-bond acceptors (Lipinski definition) is 15. The Balaban J connectivity index is 1.42. The van der Waals surface area contributed by atoms with Crippen LogP contribution in [0.1, 0.15) is 85.8 Å². The van der Waals surface area contributed by atoms with Gasteiger partial charge in [-0.3, -0.25) is 24.4 Å². The minimum Gasteiger partial charge on any atom is -0.461 e. The molecule has 2 aromatic heterocycles. The van der Waals surface area contributed by atoms with Crippen molar-refractivity contribution in [2.45, 2.75) is 141 Å². The van der Waals surface area contributed by atoms with Crippen LogP contribution < -0.4 is 10.6 Å². The van der Waals surface area contributed by atoms with E-state index in [9.17, 15) is 29.1 Å². The highest BCUT2D eigenvalue weighted by atomic mass is 16.7. The summed E-state index contributed by atoms with van der Waals surface area (Å²) in [6.45, 7) is 13.5. The molecule has 3 aliphatic rings. The standard InChI is InChI=1S/C50H67N5O12/c1-11-38-50(8)43(54-48(61)67-50)30(4)40(57)28(2)25-49(7,66-47(60)52-21-15-17-33-23-35-18-12-13-19-36(35)53-27-33)44(65-46-41(58)37(55(9)10)22-29(3)62-46)31(5)42(32(6)45(59)63-38)64-39(56)24-34-16-14-20-51-26-34/h12-20,23,26-32,37-38,41-44,46,58H,11,21-22,24-25H2,1-10H3,(H,52,60)(H,54,61)/t28-,29-,30+,31+,32-,37+,38-,41-,42+,43-,44-,46+,49-,50-/m1/s1. The Kier molecular flexibility index (Phi) is 16.4. The van der Waals surface area contributed by atoms with Gasteiger partial charge < -0.3 is 49.1 Å². The maximum absolute atomic E-state index is 14.7. The number of aromatic nitrogens is 2. The summed E-state index contributed by atoms with van der Waals surface area (Å²) in [5.74, 6) is -5.76. The van der Waals surface area contributed by atoms with E-state index in [2.05, 4.69) is 20.6 Å². The lowest BCUT2D eigenvalue weighted by Gasteiger charge is -2.48. The Labute approximate surface area is 392 Å². The number of amides is 2. The molecular weight excluding hydrogens is 863 g/mol. The molecule has 3 saturated heterocycles. The van der Waals surface area contributed by atoms with E-state index >= 15 is 0 Å². The second kappa shape index (κ2) is 21.6. The van der Waals surface area contributed by atoms with Gasteiger partial charge in [0.25, 0.3) is 0 Å². The molecule has 3 aliphatic heterocycles. The number of hydrogen-bond donors (Lipinski definition) is 3. The molecule has 0 spiro atoms. The lowest BCUT2D eigenvalue weighted by molar-refractivity contribution is -0.298. The van der Waals surface area contributed by atoms with Crippen molar-refractivity contribution in [2.75, 3.05) is 20.6 Å². The van der Waals surface area contributed by atoms with Crippen LogP contribution in [-0.2, 0) is 49.2 Å². The Morgan fingerprint density at radius 1 is 1.03 bits per heavy atom. The van der Waals surface area contributed by atoms with E-state index in [0.717, 1.165) is 16.5 Å². The summed E-state index contributed by atoms with van der Waals surface area (Å²) in [6.07, 6.45) is 0.516. The number of aliphatic hydroxyl groups is 1. The predicted molar refractivity (Wildman–Crippen MR) is 247 cm³/mol. The maximum atomic E-state index is 14.7. The normalized spacial score (nSPS) is 34.1. The van der Waals surface area contributed by atoms with E-state index in [-0.39, 0.29) is 37.7 Å². The molecule has 0 bridgehead atoms. The second-order valence-corrected chi connectivity index (χ2v) is 19.0. The molecule has 17 nitrogen and oxygen atoms in total. The van der Waals surface area contributed by atoms with E-state index in [1.807, 2.05) is 62.3 Å². The number of nitrogens with one attached hydrogen (secondary N) is 2. The number of esters is 2. The number of Topliss-reactive ketones (excluding diaryl/α,β-unsaturated/α-hetero) is 1. The summed E-state index contributed by atoms with van der Waals surface area (Å²) in [5, 5.41) is 18.4. The number of carbonyl (C=O) groups excluding carboxylic acids is 5. The second-order valence-electron chi connectivity index (χ2n) is 19.0. The Hall–Kier alpha value is -5.49. The molecule has 5 heterocycles. The Morgan fingerprint density at radius 2 is 1.78 bits per heavy atom. The number of ether oxygens (including phenoxy) is 6. The van der Waals surface area contributed by atoms with Gasteiger partial charge in [0.2, 0.25) is 0 Å². The van der Waals surface area contributed by atoms with Crippen LogP contribution >= 0.6 is 0 Å². The first-order valence-corrected chi connectivity index (χ1v) is 23.2. The summed E-state index contributed by atoms with van der Waals surface area (Å²) >= 11 is 0. The number of alkyl carbamates (subject to hydrolysis) is 2. The van der Waals surface area contributed by atoms with Gasteiger partial charge in [-0.2, -0.15) is 0 Å². The lowest BCUT2D eigenvalue weighted by Crippen LogP contribution is -2.61. The molecule has 3 fully saturated rings. The van der Waals surface area contributed by atoms with E-state index in [1.165, 1.54) is 6.20 Å². The lowest BCUT2D eigenvalue weighted by atomic mass is 9.73. The molecular formula is C50H67N5O12. The zero-order valence-corrected chi connectivity index (χ0v) is 40.2. The number of ketones is 1. The molecule has 0 radical (unpaired) electrons. The number of para-hydroxylation sites is 1. The third-order valence-electron chi connectivity index (χ3n) is 13.6. The number of cyclic esters (lactones) is 1. The van der Waals surface area contributed by atoms with Crippen LogP contribution in [0.2, 0.25) is 0 Å². The van der Waals surface area contributed by atoms with Crippen molar-refractivity contribution in [3.8, 4) is 0 Å². The van der Waals surface area contributed by atoms with Crippen LogP contribution in [0.5, 0.6) is 0 Å². The van der Waals surface area contributed by atoms with E-state index in [1.54, 1.807) is 79.1 Å². The van der Waals surface area contributed by atoms with Crippen molar-refractivity contribution in [2.24, 2.45) is 23.7 Å². The number of carbonyl (C=O) groups is 5. The molecule has 0 aliphatic carbocycles. The van der Waals surface area contributed by atoms with Gasteiger partial charge in [-0.1, -0.05) is 64.1 Å². The quantitative estimate of drug-likeness (QED) is 0.153. The topological polar surface area (TPSA) is 214 Å². The fourth-order valence-electron chi connectivity index (χ4n) is 10.1. The number of nitrogens with zero attached hydrogens (tertiary/aromatic N) is 3. The molecule has 6 rings (SSSR count). The van der Waals surface area contributed by atoms with Crippen molar-refractivity contribution < 1.29 is 57.5 Å². The average molecular weight is 930 g/mol. The number of fused-ring (bicyclic) bond motifs is 2. The van der Waals surface area contributed by atoms with Crippen LogP contribution in [0.15, 0.2) is 67.1 Å². The number of aliphatic hydroxyl groups excluding tert-OH is 1. The van der Waals surface area contributed by atoms with Gasteiger partial charge in [0.1, 0.15) is 35.8 Å². The van der Waals surface area contributed by atoms with Crippen LogP contribution in [0.4, 0.5) is 9.59 Å². The molecule has 67 heavy (non-hydrogen) atoms. The molecule has 364 valence electrons. The Morgan fingerprint density at radius 3 is 2.48 bits per heavy atom. The third kappa shape index (κ3) is 11.8. The van der Waals surface area contributed by atoms with Crippen molar-refractivity contribution >= 4 is 46.9 Å². The molecule has 2 amide bonds. The monoisotopic (exact) mass is 929 g/mol. The molecule has 1 aromatic carbocycles. The van der Waals surface area contributed by atoms with Gasteiger partial charge in [-0.05, 0) is 90.4 Å². The van der Waals surface area contributed by atoms with Crippen LogP contribution in [0.3, 0.4) is 0 Å². The highest BCUT2D eigenvalue weighted by molar-refractivity contribution is 5.85. The van der Waals surface area contributed by atoms with Gasteiger partial charge in [0.15, 0.2) is 11.9 Å². The first kappa shape index (κ1) is 50.9. The van der Waals surface area contributed by atoms with Crippen molar-refractivity contribution in [1.82, 2.24) is 25.5 Å². The number of benzene rings is 1. The van der Waals surface area contributed by atoms with Gasteiger partial charge >= 0.3 is 24.1 Å². The van der Waals surface area contributed by atoms with E-state index in [0.29, 0.717) is 12.0 Å². The zero-order chi connectivity index (χ0) is 48.8. The highest BCUT2D eigenvalue weighted by Gasteiger charge is 2.58. The molecule has 3 N–H and O–H groups in total. The van der Waals surface area contributed by atoms with Crippen molar-refractivity contribution in [3.05, 3.63) is 78.3 Å². The van der Waals surface area contributed by atoms with Gasteiger partial charge in [-0.25, -0.2) is 9.59 Å². The molecule has 14 atom stereocenters. The largest absolute Gasteiger partial charge is 0.461 e. The molecule has 3 aromatic rings. The van der Waals surface area contributed by atoms with Crippen molar-refractivity contribution in [1.29, 1.82) is 0 Å². The van der Waals surface area contributed by atoms with Gasteiger partial charge in [0, 0.05) is 54.3 Å². The fourth-order valence-corrected chi connectivity index (χ4v) is 10.1. The van der Waals surface area contributed by atoms with Gasteiger partial charge in [-0.15, -0.1) is 0 Å². The molecule has 0 saturated carbocycles. The van der Waals surface area contributed by atoms with E-state index in [4.69, 9.17) is 28.4 Å². The minimum absolute atomic E-state index is 0.0385. The summed E-state index contributed by atoms with van der Waals surface area (Å²) < 4.78 is 38.0.